The zero-order chi connectivity index (χ0) is 9.14. The molecule has 0 aromatic carbocycles. The van der Waals surface area contributed by atoms with Gasteiger partial charge in [0, 0.05) is 10.7 Å². The summed E-state index contributed by atoms with van der Waals surface area (Å²) in [6.45, 7) is 2.09. The Morgan fingerprint density at radius 3 is 2.67 bits per heavy atom. The quantitative estimate of drug-likeness (QED) is 0.836. The Labute approximate surface area is 88.6 Å². The first-order chi connectivity index (χ1) is 5.70. The van der Waals surface area contributed by atoms with Crippen LogP contribution in [0.2, 0.25) is 0 Å². The molecule has 0 aliphatic heterocycles. The van der Waals surface area contributed by atoms with E-state index in [1.807, 2.05) is 0 Å². The predicted molar refractivity (Wildman–Crippen MR) is 55.6 cm³/mol. The molecule has 0 radical (unpaired) electrons. The molecule has 0 atom stereocenters. The van der Waals surface area contributed by atoms with E-state index in [0.717, 1.165) is 15.4 Å². The number of pyridine rings is 1. The lowest BCUT2D eigenvalue weighted by atomic mass is 10.2. The van der Waals surface area contributed by atoms with Crippen molar-refractivity contribution in [1.82, 2.24) is 4.98 Å². The molecule has 0 N–H and O–H groups in total. The molecule has 0 saturated heterocycles. The van der Waals surface area contributed by atoms with Crippen LogP contribution in [-0.2, 0) is 6.42 Å². The molecule has 2 nitrogen and oxygen atoms in total. The molecule has 4 heteroatoms. The normalized spacial score (nSPS) is 10.0. The Morgan fingerprint density at radius 1 is 1.50 bits per heavy atom. The second-order valence-corrected chi connectivity index (χ2v) is 3.91. The lowest BCUT2D eigenvalue weighted by Crippen LogP contribution is -1.93. The molecule has 0 aliphatic rings. The number of rotatable bonds is 2. The Morgan fingerprint density at radius 2 is 2.17 bits per heavy atom. The minimum Gasteiger partial charge on any atom is -0.480 e. The zero-order valence-electron chi connectivity index (χ0n) is 6.90. The number of methoxy groups -OCH3 is 1. The summed E-state index contributed by atoms with van der Waals surface area (Å²) in [5.41, 5.74) is 1.18. The number of hydrogen-bond acceptors (Lipinski definition) is 2. The van der Waals surface area contributed by atoms with Gasteiger partial charge in [-0.3, -0.25) is 0 Å². The molecule has 1 aromatic rings. The van der Waals surface area contributed by atoms with Crippen molar-refractivity contribution in [1.29, 1.82) is 0 Å². The zero-order valence-corrected chi connectivity index (χ0v) is 10.1. The highest BCUT2D eigenvalue weighted by Crippen LogP contribution is 2.31. The van der Waals surface area contributed by atoms with Gasteiger partial charge in [-0.15, -0.1) is 0 Å². The fourth-order valence-electron chi connectivity index (χ4n) is 0.950. The molecule has 0 bridgehead atoms. The Balaban J connectivity index is 3.24. The summed E-state index contributed by atoms with van der Waals surface area (Å²) in [6.07, 6.45) is 2.70. The van der Waals surface area contributed by atoms with Crippen LogP contribution in [-0.4, -0.2) is 12.1 Å². The SMILES string of the molecule is CCc1c(Br)cnc(OC)c1Br. The first-order valence-corrected chi connectivity index (χ1v) is 5.16. The number of hydrogen-bond donors (Lipinski definition) is 0. The smallest absolute Gasteiger partial charge is 0.228 e. The van der Waals surface area contributed by atoms with E-state index < -0.39 is 0 Å². The van der Waals surface area contributed by atoms with Crippen molar-refractivity contribution in [3.05, 3.63) is 20.7 Å². The maximum absolute atomic E-state index is 5.06. The van der Waals surface area contributed by atoms with Crippen LogP contribution >= 0.6 is 31.9 Å². The van der Waals surface area contributed by atoms with Crippen LogP contribution in [0, 0.1) is 0 Å². The molecule has 1 aromatic heterocycles. The minimum absolute atomic E-state index is 0.634. The van der Waals surface area contributed by atoms with Crippen LogP contribution in [0.25, 0.3) is 0 Å². The van der Waals surface area contributed by atoms with Crippen LogP contribution in [0.1, 0.15) is 12.5 Å². The van der Waals surface area contributed by atoms with Gasteiger partial charge in [0.15, 0.2) is 0 Å². The van der Waals surface area contributed by atoms with E-state index in [1.165, 1.54) is 5.56 Å². The molecule has 1 rings (SSSR count). The maximum atomic E-state index is 5.06. The predicted octanol–water partition coefficient (Wildman–Crippen LogP) is 3.18. The maximum Gasteiger partial charge on any atom is 0.228 e. The molecule has 0 amide bonds. The van der Waals surface area contributed by atoms with Crippen molar-refractivity contribution in [3.63, 3.8) is 0 Å². The van der Waals surface area contributed by atoms with E-state index in [2.05, 4.69) is 43.8 Å². The first kappa shape index (κ1) is 9.99. The van der Waals surface area contributed by atoms with E-state index in [1.54, 1.807) is 13.3 Å². The fraction of sp³-hybridized carbons (Fsp3) is 0.375. The molecule has 1 heterocycles. The average Bonchev–Trinajstić information content (AvgIpc) is 2.06. The number of halogens is 2. The molecule has 0 spiro atoms. The minimum atomic E-state index is 0.634. The third-order valence-corrected chi connectivity index (χ3v) is 3.08. The fourth-order valence-corrected chi connectivity index (χ4v) is 2.56. The molecular weight excluding hydrogens is 286 g/mol. The molecule has 12 heavy (non-hydrogen) atoms. The van der Waals surface area contributed by atoms with Gasteiger partial charge in [-0.05, 0) is 43.8 Å². The van der Waals surface area contributed by atoms with E-state index in [4.69, 9.17) is 4.74 Å². The summed E-state index contributed by atoms with van der Waals surface area (Å²) in [7, 11) is 1.61. The first-order valence-electron chi connectivity index (χ1n) is 3.57. The summed E-state index contributed by atoms with van der Waals surface area (Å²) < 4.78 is 7.01. The van der Waals surface area contributed by atoms with Crippen LogP contribution in [0.5, 0.6) is 5.88 Å². The highest BCUT2D eigenvalue weighted by Gasteiger charge is 2.09. The molecule has 66 valence electrons. The number of ether oxygens (including phenoxy) is 1. The van der Waals surface area contributed by atoms with Gasteiger partial charge in [-0.2, -0.15) is 0 Å². The lowest BCUT2D eigenvalue weighted by molar-refractivity contribution is 0.394. The Kier molecular flexibility index (Phi) is 3.53. The molecule has 0 aliphatic carbocycles. The van der Waals surface area contributed by atoms with Gasteiger partial charge >= 0.3 is 0 Å². The number of nitrogens with zero attached hydrogens (tertiary/aromatic N) is 1. The lowest BCUT2D eigenvalue weighted by Gasteiger charge is -2.07. The van der Waals surface area contributed by atoms with Gasteiger partial charge in [-0.25, -0.2) is 4.98 Å². The molecular formula is C8H9Br2NO. The van der Waals surface area contributed by atoms with Gasteiger partial charge in [0.1, 0.15) is 0 Å². The van der Waals surface area contributed by atoms with Gasteiger partial charge in [0.2, 0.25) is 5.88 Å². The largest absolute Gasteiger partial charge is 0.480 e. The average molecular weight is 295 g/mol. The van der Waals surface area contributed by atoms with Crippen LogP contribution < -0.4 is 4.74 Å². The van der Waals surface area contributed by atoms with Gasteiger partial charge in [0.25, 0.3) is 0 Å². The third kappa shape index (κ3) is 1.80. The summed E-state index contributed by atoms with van der Waals surface area (Å²) in [5, 5.41) is 0. The van der Waals surface area contributed by atoms with Crippen molar-refractivity contribution in [2.45, 2.75) is 13.3 Å². The molecule has 0 saturated carbocycles. The topological polar surface area (TPSA) is 22.1 Å². The van der Waals surface area contributed by atoms with Crippen LogP contribution in [0.3, 0.4) is 0 Å². The van der Waals surface area contributed by atoms with Gasteiger partial charge in [-0.1, -0.05) is 6.92 Å². The Bertz CT molecular complexity index is 289. The van der Waals surface area contributed by atoms with Crippen molar-refractivity contribution in [2.24, 2.45) is 0 Å². The van der Waals surface area contributed by atoms with Crippen molar-refractivity contribution in [2.75, 3.05) is 7.11 Å². The second-order valence-electron chi connectivity index (χ2n) is 2.26. The Hall–Kier alpha value is -0.0900. The highest BCUT2D eigenvalue weighted by molar-refractivity contribution is 9.11. The third-order valence-electron chi connectivity index (χ3n) is 1.58. The second kappa shape index (κ2) is 4.23. The van der Waals surface area contributed by atoms with Crippen LogP contribution in [0.15, 0.2) is 15.1 Å². The van der Waals surface area contributed by atoms with Crippen molar-refractivity contribution < 1.29 is 4.74 Å². The van der Waals surface area contributed by atoms with Gasteiger partial charge in [0.05, 0.1) is 11.6 Å². The summed E-state index contributed by atoms with van der Waals surface area (Å²) in [4.78, 5) is 4.09. The van der Waals surface area contributed by atoms with E-state index >= 15 is 0 Å². The van der Waals surface area contributed by atoms with Crippen molar-refractivity contribution >= 4 is 31.9 Å². The highest BCUT2D eigenvalue weighted by atomic mass is 79.9. The summed E-state index contributed by atoms with van der Waals surface area (Å²) >= 11 is 6.86. The monoisotopic (exact) mass is 293 g/mol. The van der Waals surface area contributed by atoms with Crippen LogP contribution in [0.4, 0.5) is 0 Å². The standard InChI is InChI=1S/C8H9Br2NO/c1-3-5-6(9)4-11-8(12-2)7(5)10/h4H,3H2,1-2H3. The van der Waals surface area contributed by atoms with Crippen molar-refractivity contribution in [3.8, 4) is 5.88 Å². The summed E-state index contributed by atoms with van der Waals surface area (Å²) in [5.74, 6) is 0.634. The van der Waals surface area contributed by atoms with Gasteiger partial charge < -0.3 is 4.74 Å². The summed E-state index contributed by atoms with van der Waals surface area (Å²) in [6, 6.07) is 0. The van der Waals surface area contributed by atoms with E-state index in [9.17, 15) is 0 Å². The van der Waals surface area contributed by atoms with E-state index in [0.29, 0.717) is 5.88 Å². The van der Waals surface area contributed by atoms with E-state index in [-0.39, 0.29) is 0 Å². The number of aromatic nitrogens is 1. The molecule has 0 fully saturated rings. The molecule has 0 unspecified atom stereocenters.